The number of hydrogen-bond donors (Lipinski definition) is 1. The van der Waals surface area contributed by atoms with Crippen molar-refractivity contribution < 1.29 is 4.74 Å². The molecule has 1 aliphatic carbocycles. The summed E-state index contributed by atoms with van der Waals surface area (Å²) < 4.78 is 5.36. The largest absolute Gasteiger partial charge is 0.380 e. The summed E-state index contributed by atoms with van der Waals surface area (Å²) in [7, 11) is 2.00. The minimum atomic E-state index is 0.683. The highest BCUT2D eigenvalue weighted by molar-refractivity contribution is 5.60. The minimum absolute atomic E-state index is 0.683. The number of nitriles is 1. The maximum absolute atomic E-state index is 9.32. The third-order valence-corrected chi connectivity index (χ3v) is 3.54. The van der Waals surface area contributed by atoms with Crippen LogP contribution in [-0.4, -0.2) is 32.8 Å². The molecule has 0 unspecified atom stereocenters. The molecule has 0 amide bonds. The van der Waals surface area contributed by atoms with E-state index in [0.29, 0.717) is 12.6 Å². The van der Waals surface area contributed by atoms with E-state index >= 15 is 0 Å². The fraction of sp³-hybridized carbons (Fsp3) is 0.562. The molecule has 1 N–H and O–H groups in total. The lowest BCUT2D eigenvalue weighted by atomic mass is 10.1. The molecule has 2 rings (SSSR count). The van der Waals surface area contributed by atoms with Gasteiger partial charge in [-0.3, -0.25) is 0 Å². The molecule has 108 valence electrons. The van der Waals surface area contributed by atoms with E-state index < -0.39 is 0 Å². The zero-order valence-electron chi connectivity index (χ0n) is 12.4. The number of hydrogen-bond acceptors (Lipinski definition) is 4. The Morgan fingerprint density at radius 2 is 2.25 bits per heavy atom. The Kier molecular flexibility index (Phi) is 5.40. The van der Waals surface area contributed by atoms with Crippen molar-refractivity contribution in [2.75, 3.05) is 31.7 Å². The first kappa shape index (κ1) is 14.8. The van der Waals surface area contributed by atoms with Crippen LogP contribution in [0.4, 0.5) is 5.69 Å². The minimum Gasteiger partial charge on any atom is -0.380 e. The van der Waals surface area contributed by atoms with Gasteiger partial charge in [-0.2, -0.15) is 5.26 Å². The summed E-state index contributed by atoms with van der Waals surface area (Å²) in [6, 6.07) is 9.11. The smallest absolute Gasteiger partial charge is 0.101 e. The lowest BCUT2D eigenvalue weighted by Crippen LogP contribution is -2.23. The summed E-state index contributed by atoms with van der Waals surface area (Å²) in [5.74, 6) is 0. The molecule has 0 bridgehead atoms. The Morgan fingerprint density at radius 1 is 1.45 bits per heavy atom. The van der Waals surface area contributed by atoms with E-state index in [2.05, 4.69) is 22.4 Å². The highest BCUT2D eigenvalue weighted by Crippen LogP contribution is 2.22. The molecule has 4 heteroatoms. The Balaban J connectivity index is 1.98. The van der Waals surface area contributed by atoms with Crippen LogP contribution >= 0.6 is 0 Å². The van der Waals surface area contributed by atoms with Crippen LogP contribution in [0.1, 0.15) is 30.9 Å². The van der Waals surface area contributed by atoms with Gasteiger partial charge in [-0.1, -0.05) is 6.07 Å². The highest BCUT2D eigenvalue weighted by atomic mass is 16.5. The molecular formula is C16H23N3O. The molecule has 0 aliphatic heterocycles. The van der Waals surface area contributed by atoms with Gasteiger partial charge in [0.1, 0.15) is 6.07 Å². The van der Waals surface area contributed by atoms with E-state index in [9.17, 15) is 5.26 Å². The second kappa shape index (κ2) is 7.28. The van der Waals surface area contributed by atoms with Gasteiger partial charge in [0.2, 0.25) is 0 Å². The summed E-state index contributed by atoms with van der Waals surface area (Å²) in [6.45, 7) is 5.04. The zero-order chi connectivity index (χ0) is 14.4. The molecule has 0 spiro atoms. The van der Waals surface area contributed by atoms with Gasteiger partial charge in [-0.25, -0.2) is 0 Å². The molecule has 1 aromatic rings. The first-order valence-corrected chi connectivity index (χ1v) is 7.30. The summed E-state index contributed by atoms with van der Waals surface area (Å²) in [5.41, 5.74) is 2.89. The third kappa shape index (κ3) is 4.22. The van der Waals surface area contributed by atoms with Crippen molar-refractivity contribution >= 4 is 5.69 Å². The van der Waals surface area contributed by atoms with Crippen molar-refractivity contribution in [2.24, 2.45) is 0 Å². The van der Waals surface area contributed by atoms with E-state index in [1.165, 1.54) is 18.4 Å². The highest BCUT2D eigenvalue weighted by Gasteiger charge is 2.20. The molecule has 0 saturated heterocycles. The van der Waals surface area contributed by atoms with Gasteiger partial charge in [0.25, 0.3) is 0 Å². The van der Waals surface area contributed by atoms with E-state index in [1.807, 2.05) is 26.1 Å². The van der Waals surface area contributed by atoms with Crippen molar-refractivity contribution in [3.8, 4) is 6.07 Å². The number of rotatable bonds is 8. The van der Waals surface area contributed by atoms with Crippen LogP contribution in [0.15, 0.2) is 18.2 Å². The van der Waals surface area contributed by atoms with E-state index in [1.54, 1.807) is 0 Å². The van der Waals surface area contributed by atoms with Crippen LogP contribution in [0.5, 0.6) is 0 Å². The van der Waals surface area contributed by atoms with E-state index in [4.69, 9.17) is 4.74 Å². The van der Waals surface area contributed by atoms with E-state index in [0.717, 1.165) is 30.9 Å². The number of nitrogens with zero attached hydrogens (tertiary/aromatic N) is 2. The van der Waals surface area contributed by atoms with Crippen molar-refractivity contribution in [3.63, 3.8) is 0 Å². The van der Waals surface area contributed by atoms with Crippen LogP contribution in [0, 0.1) is 11.3 Å². The van der Waals surface area contributed by atoms with Crippen LogP contribution in [-0.2, 0) is 11.3 Å². The Labute approximate surface area is 121 Å². The summed E-state index contributed by atoms with van der Waals surface area (Å²) in [5, 5.41) is 12.8. The average Bonchev–Trinajstić information content (AvgIpc) is 3.29. The van der Waals surface area contributed by atoms with Crippen LogP contribution in [0.2, 0.25) is 0 Å². The Hall–Kier alpha value is -1.57. The number of benzene rings is 1. The van der Waals surface area contributed by atoms with Crippen molar-refractivity contribution in [1.82, 2.24) is 5.32 Å². The number of ether oxygens (including phenoxy) is 1. The molecule has 1 saturated carbocycles. The number of likely N-dealkylation sites (N-methyl/N-ethyl adjacent to an activating group) is 1. The van der Waals surface area contributed by atoms with Gasteiger partial charge in [0, 0.05) is 32.8 Å². The first-order valence-electron chi connectivity index (χ1n) is 7.30. The quantitative estimate of drug-likeness (QED) is 0.738. The predicted molar refractivity (Wildman–Crippen MR) is 80.8 cm³/mol. The SMILES string of the molecule is CCOCCN(C)c1ccc(CNC2CC2)cc1C#N. The summed E-state index contributed by atoms with van der Waals surface area (Å²) in [4.78, 5) is 2.08. The number of anilines is 1. The van der Waals surface area contributed by atoms with Gasteiger partial charge in [-0.05, 0) is 37.5 Å². The van der Waals surface area contributed by atoms with Gasteiger partial charge >= 0.3 is 0 Å². The fourth-order valence-corrected chi connectivity index (χ4v) is 2.13. The second-order valence-electron chi connectivity index (χ2n) is 5.24. The molecule has 0 radical (unpaired) electrons. The molecule has 1 aliphatic rings. The van der Waals surface area contributed by atoms with Gasteiger partial charge < -0.3 is 15.0 Å². The summed E-state index contributed by atoms with van der Waals surface area (Å²) >= 11 is 0. The van der Waals surface area contributed by atoms with Crippen LogP contribution in [0.25, 0.3) is 0 Å². The van der Waals surface area contributed by atoms with E-state index in [-0.39, 0.29) is 0 Å². The third-order valence-electron chi connectivity index (χ3n) is 3.54. The standard InChI is InChI=1S/C16H23N3O/c1-3-20-9-8-19(2)16-7-4-13(10-14(16)11-17)12-18-15-5-6-15/h4,7,10,15,18H,3,5-6,8-9,12H2,1-2H3. The number of nitrogens with one attached hydrogen (secondary N) is 1. The molecule has 1 aromatic carbocycles. The zero-order valence-corrected chi connectivity index (χ0v) is 12.4. The maximum Gasteiger partial charge on any atom is 0.101 e. The molecule has 1 fully saturated rings. The predicted octanol–water partition coefficient (Wildman–Crippen LogP) is 2.28. The monoisotopic (exact) mass is 273 g/mol. The average molecular weight is 273 g/mol. The molecule has 0 heterocycles. The lowest BCUT2D eigenvalue weighted by Gasteiger charge is -2.21. The van der Waals surface area contributed by atoms with Crippen molar-refractivity contribution in [3.05, 3.63) is 29.3 Å². The topological polar surface area (TPSA) is 48.3 Å². The second-order valence-corrected chi connectivity index (χ2v) is 5.24. The molecule has 0 atom stereocenters. The van der Waals surface area contributed by atoms with Crippen LogP contribution in [0.3, 0.4) is 0 Å². The normalized spacial score (nSPS) is 14.1. The van der Waals surface area contributed by atoms with Crippen molar-refractivity contribution in [1.29, 1.82) is 5.26 Å². The first-order chi connectivity index (χ1) is 9.74. The maximum atomic E-state index is 9.32. The molecular weight excluding hydrogens is 250 g/mol. The van der Waals surface area contributed by atoms with Crippen LogP contribution < -0.4 is 10.2 Å². The molecule has 4 nitrogen and oxygen atoms in total. The van der Waals surface area contributed by atoms with Gasteiger partial charge in [-0.15, -0.1) is 0 Å². The lowest BCUT2D eigenvalue weighted by molar-refractivity contribution is 0.154. The Bertz CT molecular complexity index is 477. The molecule has 20 heavy (non-hydrogen) atoms. The summed E-state index contributed by atoms with van der Waals surface area (Å²) in [6.07, 6.45) is 2.56. The Morgan fingerprint density at radius 3 is 2.90 bits per heavy atom. The van der Waals surface area contributed by atoms with Crippen molar-refractivity contribution in [2.45, 2.75) is 32.4 Å². The van der Waals surface area contributed by atoms with Gasteiger partial charge in [0.15, 0.2) is 0 Å². The fourth-order valence-electron chi connectivity index (χ4n) is 2.13. The van der Waals surface area contributed by atoms with Gasteiger partial charge in [0.05, 0.1) is 17.9 Å². The molecule has 0 aromatic heterocycles.